The molecule has 0 saturated carbocycles. The fourth-order valence-electron chi connectivity index (χ4n) is 2.41. The molecule has 0 fully saturated rings. The van der Waals surface area contributed by atoms with Crippen LogP contribution in [0.1, 0.15) is 19.4 Å². The summed E-state index contributed by atoms with van der Waals surface area (Å²) in [4.78, 5) is 0. The van der Waals surface area contributed by atoms with Gasteiger partial charge in [-0.1, -0.05) is 43.8 Å². The number of benzene rings is 2. The van der Waals surface area contributed by atoms with Crippen LogP contribution in [0, 0.1) is 11.7 Å². The van der Waals surface area contributed by atoms with Crippen LogP contribution >= 0.6 is 11.8 Å². The van der Waals surface area contributed by atoms with E-state index in [1.807, 2.05) is 41.9 Å². The van der Waals surface area contributed by atoms with Gasteiger partial charge in [0.1, 0.15) is 11.6 Å². The molecule has 3 aromatic rings. The molecule has 0 radical (unpaired) electrons. The Hall–Kier alpha value is -2.34. The van der Waals surface area contributed by atoms with Gasteiger partial charge in [0.15, 0.2) is 11.0 Å². The van der Waals surface area contributed by atoms with Gasteiger partial charge in [-0.15, -0.1) is 10.2 Å². The number of hydrogen-bond donors (Lipinski definition) is 0. The third-order valence-electron chi connectivity index (χ3n) is 3.85. The molecule has 1 aromatic heterocycles. The maximum atomic E-state index is 13.7. The summed E-state index contributed by atoms with van der Waals surface area (Å²) >= 11 is 1.47. The third kappa shape index (κ3) is 4.43. The second kappa shape index (κ2) is 8.36. The Morgan fingerprint density at radius 2 is 1.81 bits per heavy atom. The van der Waals surface area contributed by atoms with Crippen LogP contribution in [0.3, 0.4) is 0 Å². The maximum Gasteiger partial charge on any atom is 0.191 e. The molecular formula is C20H22FN3OS. The summed E-state index contributed by atoms with van der Waals surface area (Å²) in [7, 11) is 1.92. The number of hydrogen-bond acceptors (Lipinski definition) is 4. The topological polar surface area (TPSA) is 39.9 Å². The van der Waals surface area contributed by atoms with E-state index in [0.717, 1.165) is 22.3 Å². The number of nitrogens with zero attached hydrogens (tertiary/aromatic N) is 3. The van der Waals surface area contributed by atoms with Gasteiger partial charge < -0.3 is 9.30 Å². The standard InChI is InChI=1S/C20H22FN3OS/c1-14(2)12-25-17-10-8-15(9-11-17)19-22-23-20(24(19)3)26-13-16-6-4-5-7-18(16)21/h4-11,14H,12-13H2,1-3H3. The van der Waals surface area contributed by atoms with E-state index in [2.05, 4.69) is 24.0 Å². The molecule has 0 spiro atoms. The highest BCUT2D eigenvalue weighted by atomic mass is 32.2. The summed E-state index contributed by atoms with van der Waals surface area (Å²) in [6.07, 6.45) is 0. The zero-order chi connectivity index (χ0) is 18.5. The lowest BCUT2D eigenvalue weighted by Crippen LogP contribution is -2.04. The maximum absolute atomic E-state index is 13.7. The van der Waals surface area contributed by atoms with Crippen molar-refractivity contribution in [1.82, 2.24) is 14.8 Å². The Morgan fingerprint density at radius 3 is 2.50 bits per heavy atom. The minimum atomic E-state index is -0.195. The smallest absolute Gasteiger partial charge is 0.191 e. The lowest BCUT2D eigenvalue weighted by Gasteiger charge is -2.09. The molecule has 0 amide bonds. The van der Waals surface area contributed by atoms with Crippen molar-refractivity contribution in [2.45, 2.75) is 24.8 Å². The molecule has 0 atom stereocenters. The Balaban J connectivity index is 1.69. The van der Waals surface area contributed by atoms with Crippen LogP contribution in [0.2, 0.25) is 0 Å². The predicted molar refractivity (Wildman–Crippen MR) is 103 cm³/mol. The highest BCUT2D eigenvalue weighted by Gasteiger charge is 2.12. The molecule has 0 unspecified atom stereocenters. The van der Waals surface area contributed by atoms with E-state index in [1.165, 1.54) is 17.8 Å². The Bertz CT molecular complexity index is 862. The quantitative estimate of drug-likeness (QED) is 0.551. The van der Waals surface area contributed by atoms with Crippen molar-refractivity contribution in [1.29, 1.82) is 0 Å². The van der Waals surface area contributed by atoms with E-state index in [4.69, 9.17) is 4.74 Å². The van der Waals surface area contributed by atoms with Crippen LogP contribution < -0.4 is 4.74 Å². The molecule has 0 N–H and O–H groups in total. The molecule has 26 heavy (non-hydrogen) atoms. The van der Waals surface area contributed by atoms with Gasteiger partial charge in [-0.25, -0.2) is 4.39 Å². The zero-order valence-corrected chi connectivity index (χ0v) is 16.0. The van der Waals surface area contributed by atoms with Crippen molar-refractivity contribution in [3.63, 3.8) is 0 Å². The molecule has 0 aliphatic rings. The number of ether oxygens (including phenoxy) is 1. The molecule has 4 nitrogen and oxygen atoms in total. The third-order valence-corrected chi connectivity index (χ3v) is 4.91. The first-order chi connectivity index (χ1) is 12.5. The van der Waals surface area contributed by atoms with Crippen molar-refractivity contribution in [3.05, 3.63) is 59.9 Å². The van der Waals surface area contributed by atoms with Gasteiger partial charge in [-0.3, -0.25) is 0 Å². The molecule has 0 bridgehead atoms. The summed E-state index contributed by atoms with van der Waals surface area (Å²) in [6.45, 7) is 4.93. The number of thioether (sulfide) groups is 1. The van der Waals surface area contributed by atoms with Crippen molar-refractivity contribution >= 4 is 11.8 Å². The molecule has 136 valence electrons. The minimum Gasteiger partial charge on any atom is -0.493 e. The second-order valence-corrected chi connectivity index (χ2v) is 7.42. The summed E-state index contributed by atoms with van der Waals surface area (Å²) in [5, 5.41) is 9.28. The van der Waals surface area contributed by atoms with E-state index in [-0.39, 0.29) is 5.82 Å². The van der Waals surface area contributed by atoms with Gasteiger partial charge in [0, 0.05) is 18.4 Å². The summed E-state index contributed by atoms with van der Waals surface area (Å²) in [6, 6.07) is 14.6. The fraction of sp³-hybridized carbons (Fsp3) is 0.300. The molecule has 3 rings (SSSR count). The van der Waals surface area contributed by atoms with Crippen molar-refractivity contribution < 1.29 is 9.13 Å². The minimum absolute atomic E-state index is 0.195. The predicted octanol–water partition coefficient (Wildman–Crippen LogP) is 4.95. The second-order valence-electron chi connectivity index (χ2n) is 6.47. The average molecular weight is 371 g/mol. The summed E-state index contributed by atoms with van der Waals surface area (Å²) in [5.74, 6) is 2.43. The van der Waals surface area contributed by atoms with Gasteiger partial charge >= 0.3 is 0 Å². The van der Waals surface area contributed by atoms with E-state index in [1.54, 1.807) is 12.1 Å². The SMILES string of the molecule is CC(C)COc1ccc(-c2nnc(SCc3ccccc3F)n2C)cc1. The fourth-order valence-corrected chi connectivity index (χ4v) is 3.31. The van der Waals surface area contributed by atoms with Gasteiger partial charge in [-0.05, 0) is 41.8 Å². The highest BCUT2D eigenvalue weighted by Crippen LogP contribution is 2.27. The van der Waals surface area contributed by atoms with Gasteiger partial charge in [0.25, 0.3) is 0 Å². The summed E-state index contributed by atoms with van der Waals surface area (Å²) < 4.78 is 21.4. The first kappa shape index (κ1) is 18.5. The Labute approximate surface area is 157 Å². The van der Waals surface area contributed by atoms with E-state index < -0.39 is 0 Å². The monoisotopic (exact) mass is 371 g/mol. The number of halogens is 1. The van der Waals surface area contributed by atoms with E-state index in [0.29, 0.717) is 23.8 Å². The Morgan fingerprint density at radius 1 is 1.08 bits per heavy atom. The zero-order valence-electron chi connectivity index (χ0n) is 15.1. The van der Waals surface area contributed by atoms with Crippen LogP contribution in [-0.2, 0) is 12.8 Å². The highest BCUT2D eigenvalue weighted by molar-refractivity contribution is 7.98. The molecular weight excluding hydrogens is 349 g/mol. The Kier molecular flexibility index (Phi) is 5.93. The number of aromatic nitrogens is 3. The van der Waals surface area contributed by atoms with Crippen LogP contribution in [0.5, 0.6) is 5.75 Å². The average Bonchev–Trinajstić information content (AvgIpc) is 3.00. The normalized spacial score (nSPS) is 11.1. The van der Waals surface area contributed by atoms with Crippen LogP contribution in [0.4, 0.5) is 4.39 Å². The molecule has 0 saturated heterocycles. The van der Waals surface area contributed by atoms with Crippen molar-refractivity contribution in [2.75, 3.05) is 6.61 Å². The van der Waals surface area contributed by atoms with Crippen molar-refractivity contribution in [3.8, 4) is 17.1 Å². The van der Waals surface area contributed by atoms with Crippen molar-refractivity contribution in [2.24, 2.45) is 13.0 Å². The largest absolute Gasteiger partial charge is 0.493 e. The lowest BCUT2D eigenvalue weighted by atomic mass is 10.2. The van der Waals surface area contributed by atoms with Gasteiger partial charge in [0.05, 0.1) is 6.61 Å². The first-order valence-electron chi connectivity index (χ1n) is 8.53. The molecule has 1 heterocycles. The molecule has 0 aliphatic carbocycles. The molecule has 2 aromatic carbocycles. The van der Waals surface area contributed by atoms with Gasteiger partial charge in [-0.2, -0.15) is 0 Å². The number of rotatable bonds is 7. The van der Waals surface area contributed by atoms with Gasteiger partial charge in [0.2, 0.25) is 0 Å². The van der Waals surface area contributed by atoms with E-state index in [9.17, 15) is 4.39 Å². The summed E-state index contributed by atoms with van der Waals surface area (Å²) in [5.41, 5.74) is 1.63. The molecule has 0 aliphatic heterocycles. The first-order valence-corrected chi connectivity index (χ1v) is 9.52. The lowest BCUT2D eigenvalue weighted by molar-refractivity contribution is 0.271. The van der Waals surface area contributed by atoms with Crippen LogP contribution in [0.15, 0.2) is 53.7 Å². The van der Waals surface area contributed by atoms with E-state index >= 15 is 0 Å². The van der Waals surface area contributed by atoms with Crippen LogP contribution in [-0.4, -0.2) is 21.4 Å². The van der Waals surface area contributed by atoms with Crippen LogP contribution in [0.25, 0.3) is 11.4 Å². The molecule has 6 heteroatoms.